The van der Waals surface area contributed by atoms with Crippen LogP contribution in [0, 0.1) is 0 Å². The first-order valence-electron chi connectivity index (χ1n) is 7.38. The van der Waals surface area contributed by atoms with Crippen LogP contribution >= 0.6 is 0 Å². The van der Waals surface area contributed by atoms with Crippen molar-refractivity contribution in [2.45, 2.75) is 17.5 Å². The Morgan fingerprint density at radius 3 is 2.45 bits per heavy atom. The molecule has 1 aromatic rings. The van der Waals surface area contributed by atoms with Gasteiger partial charge >= 0.3 is 6.03 Å². The SMILES string of the molecule is CN1CC2CN(Cc3ccc(S(C)(=O)=O)cc3)CCN2C1=O. The number of hydrogen-bond donors (Lipinski definition) is 0. The summed E-state index contributed by atoms with van der Waals surface area (Å²) in [5.41, 5.74) is 1.10. The molecule has 120 valence electrons. The van der Waals surface area contributed by atoms with Crippen molar-refractivity contribution in [2.24, 2.45) is 0 Å². The molecule has 1 unspecified atom stereocenters. The first-order valence-corrected chi connectivity index (χ1v) is 9.27. The summed E-state index contributed by atoms with van der Waals surface area (Å²) in [6.45, 7) is 4.04. The van der Waals surface area contributed by atoms with Crippen molar-refractivity contribution in [1.29, 1.82) is 0 Å². The van der Waals surface area contributed by atoms with E-state index in [1.165, 1.54) is 6.26 Å². The van der Waals surface area contributed by atoms with Crippen LogP contribution in [0.3, 0.4) is 0 Å². The number of fused-ring (bicyclic) bond motifs is 1. The second kappa shape index (κ2) is 5.55. The second-order valence-corrected chi connectivity index (χ2v) is 8.18. The van der Waals surface area contributed by atoms with Gasteiger partial charge in [0.1, 0.15) is 0 Å². The van der Waals surface area contributed by atoms with E-state index in [1.54, 1.807) is 17.0 Å². The third-order valence-electron chi connectivity index (χ3n) is 4.38. The van der Waals surface area contributed by atoms with Gasteiger partial charge in [0.05, 0.1) is 10.9 Å². The van der Waals surface area contributed by atoms with Gasteiger partial charge in [-0.15, -0.1) is 0 Å². The van der Waals surface area contributed by atoms with Crippen LogP contribution in [0.2, 0.25) is 0 Å². The topological polar surface area (TPSA) is 60.9 Å². The Bertz CT molecular complexity index is 672. The summed E-state index contributed by atoms with van der Waals surface area (Å²) < 4.78 is 22.9. The summed E-state index contributed by atoms with van der Waals surface area (Å²) in [5, 5.41) is 0. The van der Waals surface area contributed by atoms with Crippen LogP contribution in [0.4, 0.5) is 4.79 Å². The fraction of sp³-hybridized carbons (Fsp3) is 0.533. The molecule has 0 N–H and O–H groups in total. The van der Waals surface area contributed by atoms with Gasteiger partial charge in [-0.25, -0.2) is 13.2 Å². The molecule has 0 aliphatic carbocycles. The standard InChI is InChI=1S/C15H21N3O3S/c1-16-10-13-11-17(7-8-18(13)15(16)19)9-12-3-5-14(6-4-12)22(2,20)21/h3-6,13H,7-11H2,1-2H3. The highest BCUT2D eigenvalue weighted by Gasteiger charge is 2.38. The molecule has 0 aromatic heterocycles. The van der Waals surface area contributed by atoms with Crippen LogP contribution in [-0.4, -0.2) is 74.7 Å². The quantitative estimate of drug-likeness (QED) is 0.819. The average molecular weight is 323 g/mol. The Labute approximate surface area is 131 Å². The number of hydrogen-bond acceptors (Lipinski definition) is 4. The minimum absolute atomic E-state index is 0.127. The summed E-state index contributed by atoms with van der Waals surface area (Å²) in [7, 11) is -1.30. The van der Waals surface area contributed by atoms with E-state index in [1.807, 2.05) is 24.1 Å². The summed E-state index contributed by atoms with van der Waals surface area (Å²) in [6.07, 6.45) is 1.22. The number of carbonyl (C=O) groups is 1. The van der Waals surface area contributed by atoms with Crippen molar-refractivity contribution in [3.63, 3.8) is 0 Å². The third kappa shape index (κ3) is 2.96. The predicted molar refractivity (Wildman–Crippen MR) is 83.3 cm³/mol. The van der Waals surface area contributed by atoms with Gasteiger partial charge in [-0.2, -0.15) is 0 Å². The molecule has 2 fully saturated rings. The summed E-state index contributed by atoms with van der Waals surface area (Å²) in [5.74, 6) is 0. The molecular formula is C15H21N3O3S. The minimum Gasteiger partial charge on any atom is -0.326 e. The van der Waals surface area contributed by atoms with Crippen molar-refractivity contribution in [3.8, 4) is 0 Å². The number of piperazine rings is 1. The number of sulfone groups is 1. The number of rotatable bonds is 3. The third-order valence-corrected chi connectivity index (χ3v) is 5.51. The van der Waals surface area contributed by atoms with Gasteiger partial charge in [0.15, 0.2) is 9.84 Å². The van der Waals surface area contributed by atoms with Gasteiger partial charge in [0.25, 0.3) is 0 Å². The van der Waals surface area contributed by atoms with E-state index in [4.69, 9.17) is 0 Å². The Morgan fingerprint density at radius 1 is 1.14 bits per heavy atom. The molecule has 2 aliphatic rings. The van der Waals surface area contributed by atoms with E-state index in [0.717, 1.165) is 38.3 Å². The zero-order valence-electron chi connectivity index (χ0n) is 12.9. The largest absolute Gasteiger partial charge is 0.326 e. The highest BCUT2D eigenvalue weighted by molar-refractivity contribution is 7.90. The molecule has 6 nitrogen and oxygen atoms in total. The minimum atomic E-state index is -3.14. The average Bonchev–Trinajstić information content (AvgIpc) is 2.73. The van der Waals surface area contributed by atoms with Crippen molar-refractivity contribution < 1.29 is 13.2 Å². The highest BCUT2D eigenvalue weighted by Crippen LogP contribution is 2.21. The fourth-order valence-electron chi connectivity index (χ4n) is 3.19. The molecule has 3 rings (SSSR count). The zero-order valence-corrected chi connectivity index (χ0v) is 13.7. The lowest BCUT2D eigenvalue weighted by Crippen LogP contribution is -2.51. The number of nitrogens with zero attached hydrogens (tertiary/aromatic N) is 3. The maximum absolute atomic E-state index is 11.9. The zero-order chi connectivity index (χ0) is 15.9. The molecule has 22 heavy (non-hydrogen) atoms. The van der Waals surface area contributed by atoms with Gasteiger partial charge in [-0.1, -0.05) is 12.1 Å². The molecule has 2 aliphatic heterocycles. The smallest absolute Gasteiger partial charge is 0.320 e. The molecule has 1 atom stereocenters. The molecule has 2 heterocycles. The van der Waals surface area contributed by atoms with E-state index >= 15 is 0 Å². The van der Waals surface area contributed by atoms with Crippen LogP contribution in [0.15, 0.2) is 29.2 Å². The molecular weight excluding hydrogens is 302 g/mol. The molecule has 2 saturated heterocycles. The first kappa shape index (κ1) is 15.3. The molecule has 0 radical (unpaired) electrons. The van der Waals surface area contributed by atoms with E-state index in [0.29, 0.717) is 4.90 Å². The monoisotopic (exact) mass is 323 g/mol. The van der Waals surface area contributed by atoms with Crippen molar-refractivity contribution in [1.82, 2.24) is 14.7 Å². The normalized spacial score (nSPS) is 23.0. The highest BCUT2D eigenvalue weighted by atomic mass is 32.2. The Balaban J connectivity index is 1.64. The van der Waals surface area contributed by atoms with Gasteiger partial charge < -0.3 is 9.80 Å². The van der Waals surface area contributed by atoms with Crippen molar-refractivity contribution >= 4 is 15.9 Å². The summed E-state index contributed by atoms with van der Waals surface area (Å²) in [6, 6.07) is 7.45. The maximum atomic E-state index is 11.9. The number of likely N-dealkylation sites (N-methyl/N-ethyl adjacent to an activating group) is 1. The van der Waals surface area contributed by atoms with Crippen LogP contribution in [0.25, 0.3) is 0 Å². The molecule has 7 heteroatoms. The molecule has 1 aromatic carbocycles. The second-order valence-electron chi connectivity index (χ2n) is 6.16. The van der Waals surface area contributed by atoms with Gasteiger partial charge in [-0.05, 0) is 17.7 Å². The lowest BCUT2D eigenvalue weighted by molar-refractivity contribution is 0.116. The summed E-state index contributed by atoms with van der Waals surface area (Å²) in [4.78, 5) is 18.3. The Kier molecular flexibility index (Phi) is 3.86. The van der Waals surface area contributed by atoms with Gasteiger partial charge in [0, 0.05) is 46.0 Å². The Hall–Kier alpha value is -1.60. The van der Waals surface area contributed by atoms with E-state index in [9.17, 15) is 13.2 Å². The van der Waals surface area contributed by atoms with E-state index in [-0.39, 0.29) is 12.1 Å². The van der Waals surface area contributed by atoms with Gasteiger partial charge in [0.2, 0.25) is 0 Å². The maximum Gasteiger partial charge on any atom is 0.320 e. The number of carbonyl (C=O) groups excluding carboxylic acids is 1. The van der Waals surface area contributed by atoms with E-state index in [2.05, 4.69) is 4.90 Å². The van der Waals surface area contributed by atoms with Gasteiger partial charge in [-0.3, -0.25) is 4.90 Å². The molecule has 0 saturated carbocycles. The van der Waals surface area contributed by atoms with Crippen LogP contribution in [0.5, 0.6) is 0 Å². The van der Waals surface area contributed by atoms with Crippen molar-refractivity contribution in [2.75, 3.05) is 39.5 Å². The van der Waals surface area contributed by atoms with Crippen LogP contribution < -0.4 is 0 Å². The fourth-order valence-corrected chi connectivity index (χ4v) is 3.82. The number of amides is 2. The number of benzene rings is 1. The predicted octanol–water partition coefficient (Wildman–Crippen LogP) is 0.642. The first-order chi connectivity index (χ1) is 10.3. The lowest BCUT2D eigenvalue weighted by Gasteiger charge is -2.36. The Morgan fingerprint density at radius 2 is 1.82 bits per heavy atom. The molecule has 0 spiro atoms. The molecule has 0 bridgehead atoms. The van der Waals surface area contributed by atoms with Crippen LogP contribution in [0.1, 0.15) is 5.56 Å². The summed E-state index contributed by atoms with van der Waals surface area (Å²) >= 11 is 0. The van der Waals surface area contributed by atoms with E-state index < -0.39 is 9.84 Å². The lowest BCUT2D eigenvalue weighted by atomic mass is 10.1. The van der Waals surface area contributed by atoms with Crippen molar-refractivity contribution in [3.05, 3.63) is 29.8 Å². The van der Waals surface area contributed by atoms with Crippen LogP contribution in [-0.2, 0) is 16.4 Å². The number of urea groups is 1. The molecule has 2 amide bonds.